The summed E-state index contributed by atoms with van der Waals surface area (Å²) in [6, 6.07) is 2.01. The maximum Gasteiger partial charge on any atom is 0.146 e. The monoisotopic (exact) mass is 290 g/mol. The maximum absolute atomic E-state index is 14.1. The zero-order chi connectivity index (χ0) is 14.7. The Morgan fingerprint density at radius 3 is 2.81 bits per heavy atom. The molecule has 1 N–H and O–H groups in total. The van der Waals surface area contributed by atoms with Gasteiger partial charge in [0.15, 0.2) is 0 Å². The normalized spacial score (nSPS) is 30.7. The van der Waals surface area contributed by atoms with Crippen molar-refractivity contribution in [1.29, 1.82) is 0 Å². The largest absolute Gasteiger partial charge is 0.310 e. The van der Waals surface area contributed by atoms with Gasteiger partial charge < -0.3 is 5.32 Å². The molecule has 1 heterocycles. The number of pyridine rings is 1. The molecular formula is C18H27FN2. The molecule has 1 aromatic rings. The van der Waals surface area contributed by atoms with E-state index in [1.807, 2.05) is 6.07 Å². The van der Waals surface area contributed by atoms with Crippen molar-refractivity contribution in [2.75, 3.05) is 6.54 Å². The molecule has 116 valence electrons. The Balaban J connectivity index is 1.76. The third-order valence-corrected chi connectivity index (χ3v) is 5.61. The van der Waals surface area contributed by atoms with E-state index in [0.29, 0.717) is 5.92 Å². The van der Waals surface area contributed by atoms with Crippen LogP contribution in [0.2, 0.25) is 0 Å². The minimum atomic E-state index is -0.158. The molecule has 2 nitrogen and oxygen atoms in total. The summed E-state index contributed by atoms with van der Waals surface area (Å²) in [7, 11) is 0. The van der Waals surface area contributed by atoms with Gasteiger partial charge in [-0.3, -0.25) is 4.98 Å². The number of fused-ring (bicyclic) bond motifs is 1. The highest BCUT2D eigenvalue weighted by Crippen LogP contribution is 2.46. The van der Waals surface area contributed by atoms with Crippen LogP contribution in [0, 0.1) is 23.6 Å². The van der Waals surface area contributed by atoms with Crippen molar-refractivity contribution in [3.63, 3.8) is 0 Å². The van der Waals surface area contributed by atoms with Gasteiger partial charge in [0.1, 0.15) is 5.82 Å². The summed E-state index contributed by atoms with van der Waals surface area (Å²) in [6.45, 7) is 3.00. The van der Waals surface area contributed by atoms with Gasteiger partial charge >= 0.3 is 0 Å². The van der Waals surface area contributed by atoms with Gasteiger partial charge in [-0.05, 0) is 49.6 Å². The molecule has 4 unspecified atom stereocenters. The number of halogens is 1. The molecule has 0 aromatic carbocycles. The van der Waals surface area contributed by atoms with E-state index < -0.39 is 0 Å². The summed E-state index contributed by atoms with van der Waals surface area (Å²) in [5, 5.41) is 3.54. The molecule has 3 rings (SSSR count). The maximum atomic E-state index is 14.1. The molecule has 0 aliphatic heterocycles. The van der Waals surface area contributed by atoms with Crippen molar-refractivity contribution in [2.24, 2.45) is 17.8 Å². The van der Waals surface area contributed by atoms with Crippen LogP contribution in [-0.2, 0) is 0 Å². The summed E-state index contributed by atoms with van der Waals surface area (Å²) in [5.74, 6) is 2.23. The number of nitrogens with zero attached hydrogens (tertiary/aromatic N) is 1. The average Bonchev–Trinajstić information content (AvgIpc) is 2.53. The summed E-state index contributed by atoms with van der Waals surface area (Å²) >= 11 is 0. The van der Waals surface area contributed by atoms with Crippen LogP contribution in [0.3, 0.4) is 0 Å². The second-order valence-electron chi connectivity index (χ2n) is 6.81. The Morgan fingerprint density at radius 1 is 1.24 bits per heavy atom. The second-order valence-corrected chi connectivity index (χ2v) is 6.81. The topological polar surface area (TPSA) is 24.9 Å². The molecule has 3 heteroatoms. The molecule has 2 aliphatic carbocycles. The van der Waals surface area contributed by atoms with Gasteiger partial charge in [0.05, 0.1) is 6.20 Å². The molecule has 0 spiro atoms. The van der Waals surface area contributed by atoms with Crippen molar-refractivity contribution in [3.05, 3.63) is 29.8 Å². The highest BCUT2D eigenvalue weighted by Gasteiger charge is 2.36. The van der Waals surface area contributed by atoms with Crippen LogP contribution in [0.25, 0.3) is 0 Å². The van der Waals surface area contributed by atoms with E-state index in [1.54, 1.807) is 6.20 Å². The minimum Gasteiger partial charge on any atom is -0.310 e. The van der Waals surface area contributed by atoms with Gasteiger partial charge in [-0.15, -0.1) is 0 Å². The van der Waals surface area contributed by atoms with Crippen LogP contribution in [0.15, 0.2) is 18.5 Å². The quantitative estimate of drug-likeness (QED) is 0.884. The Morgan fingerprint density at radius 2 is 2.05 bits per heavy atom. The van der Waals surface area contributed by atoms with E-state index in [2.05, 4.69) is 17.2 Å². The van der Waals surface area contributed by atoms with Crippen LogP contribution in [0.4, 0.5) is 4.39 Å². The fourth-order valence-corrected chi connectivity index (χ4v) is 4.60. The van der Waals surface area contributed by atoms with Crippen molar-refractivity contribution >= 4 is 0 Å². The van der Waals surface area contributed by atoms with Crippen LogP contribution in [0.5, 0.6) is 0 Å². The molecular weight excluding hydrogens is 263 g/mol. The zero-order valence-corrected chi connectivity index (χ0v) is 13.0. The standard InChI is InChI=1S/C18H27FN2/c1-2-21-18(16-9-10-20-12-17(16)19)15-8-7-13-5-3-4-6-14(13)11-15/h9-10,12-15,18,21H,2-8,11H2,1H3. The zero-order valence-electron chi connectivity index (χ0n) is 13.0. The van der Waals surface area contributed by atoms with Gasteiger partial charge in [-0.1, -0.05) is 32.6 Å². The lowest BCUT2D eigenvalue weighted by Gasteiger charge is -2.42. The van der Waals surface area contributed by atoms with Crippen LogP contribution >= 0.6 is 0 Å². The van der Waals surface area contributed by atoms with E-state index in [-0.39, 0.29) is 11.9 Å². The minimum absolute atomic E-state index is 0.154. The predicted molar refractivity (Wildman–Crippen MR) is 83.4 cm³/mol. The summed E-state index contributed by atoms with van der Waals surface area (Å²) in [6.07, 6.45) is 12.5. The van der Waals surface area contributed by atoms with Crippen molar-refractivity contribution in [3.8, 4) is 0 Å². The lowest BCUT2D eigenvalue weighted by Crippen LogP contribution is -2.36. The summed E-state index contributed by atoms with van der Waals surface area (Å²) in [5.41, 5.74) is 0.811. The number of hydrogen-bond donors (Lipinski definition) is 1. The third-order valence-electron chi connectivity index (χ3n) is 5.61. The Labute approximate surface area is 127 Å². The second kappa shape index (κ2) is 6.87. The first kappa shape index (κ1) is 15.0. The van der Waals surface area contributed by atoms with Crippen LogP contribution in [-0.4, -0.2) is 11.5 Å². The van der Waals surface area contributed by atoms with E-state index in [9.17, 15) is 4.39 Å². The number of hydrogen-bond acceptors (Lipinski definition) is 2. The Hall–Kier alpha value is -0.960. The van der Waals surface area contributed by atoms with E-state index in [4.69, 9.17) is 0 Å². The third kappa shape index (κ3) is 3.28. The van der Waals surface area contributed by atoms with Crippen molar-refractivity contribution in [2.45, 2.75) is 57.9 Å². The van der Waals surface area contributed by atoms with Crippen LogP contribution < -0.4 is 5.32 Å². The Kier molecular flexibility index (Phi) is 4.89. The molecule has 0 amide bonds. The summed E-state index contributed by atoms with van der Waals surface area (Å²) in [4.78, 5) is 3.90. The Bertz CT molecular complexity index is 462. The fourth-order valence-electron chi connectivity index (χ4n) is 4.60. The van der Waals surface area contributed by atoms with Gasteiger partial charge in [0, 0.05) is 17.8 Å². The number of aromatic nitrogens is 1. The molecule has 4 atom stereocenters. The first-order valence-corrected chi connectivity index (χ1v) is 8.62. The van der Waals surface area contributed by atoms with Gasteiger partial charge in [-0.25, -0.2) is 4.39 Å². The first-order valence-electron chi connectivity index (χ1n) is 8.62. The average molecular weight is 290 g/mol. The van der Waals surface area contributed by atoms with Gasteiger partial charge in [0.2, 0.25) is 0 Å². The predicted octanol–water partition coefficient (Wildman–Crippen LogP) is 4.48. The number of nitrogens with one attached hydrogen (secondary N) is 1. The lowest BCUT2D eigenvalue weighted by molar-refractivity contribution is 0.109. The highest BCUT2D eigenvalue weighted by molar-refractivity contribution is 5.19. The lowest BCUT2D eigenvalue weighted by atomic mass is 9.65. The van der Waals surface area contributed by atoms with E-state index in [1.165, 1.54) is 51.1 Å². The molecule has 1 aromatic heterocycles. The SMILES string of the molecule is CCNC(c1ccncc1F)C1CCC2CCCCC2C1. The van der Waals surface area contributed by atoms with E-state index >= 15 is 0 Å². The van der Waals surface area contributed by atoms with Gasteiger partial charge in [0.25, 0.3) is 0 Å². The molecule has 2 fully saturated rings. The molecule has 0 bridgehead atoms. The van der Waals surface area contributed by atoms with Crippen molar-refractivity contribution < 1.29 is 4.39 Å². The van der Waals surface area contributed by atoms with Crippen molar-refractivity contribution in [1.82, 2.24) is 10.3 Å². The smallest absolute Gasteiger partial charge is 0.146 e. The molecule has 2 saturated carbocycles. The molecule has 2 aliphatic rings. The fraction of sp³-hybridized carbons (Fsp3) is 0.722. The molecule has 0 radical (unpaired) electrons. The summed E-state index contributed by atoms with van der Waals surface area (Å²) < 4.78 is 14.1. The van der Waals surface area contributed by atoms with E-state index in [0.717, 1.165) is 23.9 Å². The molecule has 21 heavy (non-hydrogen) atoms. The van der Waals surface area contributed by atoms with Gasteiger partial charge in [-0.2, -0.15) is 0 Å². The number of rotatable bonds is 4. The first-order chi connectivity index (χ1) is 10.3. The highest BCUT2D eigenvalue weighted by atomic mass is 19.1. The van der Waals surface area contributed by atoms with Crippen LogP contribution in [0.1, 0.15) is 63.5 Å². The molecule has 0 saturated heterocycles.